The van der Waals surface area contributed by atoms with Crippen molar-refractivity contribution in [1.29, 1.82) is 0 Å². The molecule has 1 fully saturated rings. The second kappa shape index (κ2) is 5.31. The SMILES string of the molecule is CC(CC1CCC1)(Nc1cccc(Br)c1)C(N)=O. The highest BCUT2D eigenvalue weighted by atomic mass is 79.9. The summed E-state index contributed by atoms with van der Waals surface area (Å²) in [5.41, 5.74) is 5.83. The standard InChI is InChI=1S/C14H19BrN2O/c1-14(13(16)18,9-10-4-2-5-10)17-12-7-3-6-11(15)8-12/h3,6-8,10,17H,2,4-5,9H2,1H3,(H2,16,18). The van der Waals surface area contributed by atoms with Crippen LogP contribution in [0.5, 0.6) is 0 Å². The monoisotopic (exact) mass is 310 g/mol. The van der Waals surface area contributed by atoms with Crippen molar-refractivity contribution >= 4 is 27.5 Å². The van der Waals surface area contributed by atoms with Gasteiger partial charge in [-0.15, -0.1) is 0 Å². The Kier molecular flexibility index (Phi) is 3.95. The Bertz CT molecular complexity index is 445. The third-order valence-corrected chi connectivity index (χ3v) is 4.20. The molecule has 1 aromatic rings. The molecule has 3 nitrogen and oxygen atoms in total. The third-order valence-electron chi connectivity index (χ3n) is 3.71. The topological polar surface area (TPSA) is 55.1 Å². The van der Waals surface area contributed by atoms with Crippen LogP contribution < -0.4 is 11.1 Å². The van der Waals surface area contributed by atoms with Crippen LogP contribution in [-0.4, -0.2) is 11.4 Å². The van der Waals surface area contributed by atoms with E-state index in [0.717, 1.165) is 16.6 Å². The van der Waals surface area contributed by atoms with Crippen molar-refractivity contribution in [2.45, 2.75) is 38.1 Å². The Morgan fingerprint density at radius 2 is 2.28 bits per heavy atom. The van der Waals surface area contributed by atoms with Crippen LogP contribution in [0.2, 0.25) is 0 Å². The third kappa shape index (κ3) is 3.05. The second-order valence-corrected chi connectivity index (χ2v) is 6.25. The molecule has 0 radical (unpaired) electrons. The number of carbonyl (C=O) groups excluding carboxylic acids is 1. The van der Waals surface area contributed by atoms with Crippen LogP contribution in [0.3, 0.4) is 0 Å². The Morgan fingerprint density at radius 3 is 2.78 bits per heavy atom. The Labute approximate surface area is 116 Å². The van der Waals surface area contributed by atoms with Crippen LogP contribution >= 0.6 is 15.9 Å². The van der Waals surface area contributed by atoms with Gasteiger partial charge < -0.3 is 11.1 Å². The number of primary amides is 1. The molecule has 98 valence electrons. The summed E-state index contributed by atoms with van der Waals surface area (Å²) in [6.45, 7) is 1.90. The van der Waals surface area contributed by atoms with Crippen LogP contribution in [0.25, 0.3) is 0 Å². The lowest BCUT2D eigenvalue weighted by Crippen LogP contribution is -2.49. The van der Waals surface area contributed by atoms with E-state index in [4.69, 9.17) is 5.73 Å². The summed E-state index contributed by atoms with van der Waals surface area (Å²) < 4.78 is 0.989. The van der Waals surface area contributed by atoms with Crippen molar-refractivity contribution in [3.63, 3.8) is 0 Å². The van der Waals surface area contributed by atoms with Gasteiger partial charge in [0.15, 0.2) is 0 Å². The first kappa shape index (κ1) is 13.4. The molecule has 1 unspecified atom stereocenters. The van der Waals surface area contributed by atoms with E-state index in [1.54, 1.807) is 0 Å². The number of anilines is 1. The highest BCUT2D eigenvalue weighted by molar-refractivity contribution is 9.10. The van der Waals surface area contributed by atoms with E-state index in [2.05, 4.69) is 21.2 Å². The number of amides is 1. The predicted molar refractivity (Wildman–Crippen MR) is 77.3 cm³/mol. The minimum absolute atomic E-state index is 0.283. The fourth-order valence-electron chi connectivity index (χ4n) is 2.37. The number of rotatable bonds is 5. The summed E-state index contributed by atoms with van der Waals surface area (Å²) in [5, 5.41) is 3.29. The average molecular weight is 311 g/mol. The first-order valence-corrected chi connectivity index (χ1v) is 7.12. The van der Waals surface area contributed by atoms with E-state index < -0.39 is 5.54 Å². The summed E-state index contributed by atoms with van der Waals surface area (Å²) in [6, 6.07) is 7.81. The van der Waals surface area contributed by atoms with Gasteiger partial charge in [0.1, 0.15) is 5.54 Å². The first-order chi connectivity index (χ1) is 8.49. The van der Waals surface area contributed by atoms with Gasteiger partial charge in [-0.25, -0.2) is 0 Å². The summed E-state index contributed by atoms with van der Waals surface area (Å²) in [4.78, 5) is 11.7. The molecular formula is C14H19BrN2O. The van der Waals surface area contributed by atoms with Crippen LogP contribution in [0.4, 0.5) is 5.69 Å². The van der Waals surface area contributed by atoms with Gasteiger partial charge in [-0.3, -0.25) is 4.79 Å². The van der Waals surface area contributed by atoms with E-state index in [9.17, 15) is 4.79 Å². The fraction of sp³-hybridized carbons (Fsp3) is 0.500. The number of hydrogen-bond acceptors (Lipinski definition) is 2. The molecule has 0 aromatic heterocycles. The number of halogens is 1. The smallest absolute Gasteiger partial charge is 0.242 e. The lowest BCUT2D eigenvalue weighted by molar-refractivity contribution is -0.122. The van der Waals surface area contributed by atoms with Crippen LogP contribution in [0.15, 0.2) is 28.7 Å². The zero-order valence-corrected chi connectivity index (χ0v) is 12.2. The molecule has 0 heterocycles. The van der Waals surface area contributed by atoms with Gasteiger partial charge in [-0.1, -0.05) is 41.3 Å². The van der Waals surface area contributed by atoms with Crippen molar-refractivity contribution in [2.75, 3.05) is 5.32 Å². The number of benzene rings is 1. The molecular weight excluding hydrogens is 292 g/mol. The summed E-state index contributed by atoms with van der Waals surface area (Å²) in [7, 11) is 0. The molecule has 1 saturated carbocycles. The second-order valence-electron chi connectivity index (χ2n) is 5.33. The summed E-state index contributed by atoms with van der Waals surface area (Å²) in [5.74, 6) is 0.344. The van der Waals surface area contributed by atoms with E-state index in [1.807, 2.05) is 31.2 Å². The van der Waals surface area contributed by atoms with Gasteiger partial charge in [0, 0.05) is 10.2 Å². The van der Waals surface area contributed by atoms with Crippen LogP contribution in [-0.2, 0) is 4.79 Å². The maximum absolute atomic E-state index is 11.7. The lowest BCUT2D eigenvalue weighted by atomic mass is 9.76. The van der Waals surface area contributed by atoms with Crippen LogP contribution in [0.1, 0.15) is 32.6 Å². The maximum Gasteiger partial charge on any atom is 0.242 e. The Hall–Kier alpha value is -1.03. The van der Waals surface area contributed by atoms with Gasteiger partial charge in [-0.05, 0) is 37.5 Å². The highest BCUT2D eigenvalue weighted by Gasteiger charge is 2.35. The lowest BCUT2D eigenvalue weighted by Gasteiger charge is -2.36. The molecule has 4 heteroatoms. The number of nitrogens with two attached hydrogens (primary N) is 1. The van der Waals surface area contributed by atoms with Crippen molar-refractivity contribution in [1.82, 2.24) is 0 Å². The van der Waals surface area contributed by atoms with Gasteiger partial charge in [0.25, 0.3) is 0 Å². The first-order valence-electron chi connectivity index (χ1n) is 6.33. The summed E-state index contributed by atoms with van der Waals surface area (Å²) >= 11 is 3.43. The molecule has 1 aliphatic rings. The largest absolute Gasteiger partial charge is 0.371 e. The van der Waals surface area contributed by atoms with Gasteiger partial charge >= 0.3 is 0 Å². The minimum Gasteiger partial charge on any atom is -0.371 e. The molecule has 1 aromatic carbocycles. The molecule has 0 bridgehead atoms. The van der Waals surface area contributed by atoms with E-state index in [0.29, 0.717) is 5.92 Å². The van der Waals surface area contributed by atoms with E-state index in [-0.39, 0.29) is 5.91 Å². The molecule has 0 saturated heterocycles. The van der Waals surface area contributed by atoms with Crippen LogP contribution in [0, 0.1) is 5.92 Å². The molecule has 0 spiro atoms. The van der Waals surface area contributed by atoms with Gasteiger partial charge in [-0.2, -0.15) is 0 Å². The maximum atomic E-state index is 11.7. The molecule has 2 rings (SSSR count). The quantitative estimate of drug-likeness (QED) is 0.876. The highest BCUT2D eigenvalue weighted by Crippen LogP contribution is 2.35. The van der Waals surface area contributed by atoms with Gasteiger partial charge in [0.05, 0.1) is 0 Å². The molecule has 0 aliphatic heterocycles. The normalized spacial score (nSPS) is 18.8. The minimum atomic E-state index is -0.661. The fourth-order valence-corrected chi connectivity index (χ4v) is 2.77. The van der Waals surface area contributed by atoms with Crippen molar-refractivity contribution in [3.8, 4) is 0 Å². The van der Waals surface area contributed by atoms with Crippen molar-refractivity contribution in [3.05, 3.63) is 28.7 Å². The predicted octanol–water partition coefficient (Wildman–Crippen LogP) is 3.30. The van der Waals surface area contributed by atoms with E-state index in [1.165, 1.54) is 19.3 Å². The summed E-state index contributed by atoms with van der Waals surface area (Å²) in [6.07, 6.45) is 4.51. The van der Waals surface area contributed by atoms with E-state index >= 15 is 0 Å². The number of carbonyl (C=O) groups is 1. The Morgan fingerprint density at radius 1 is 1.56 bits per heavy atom. The Balaban J connectivity index is 2.11. The zero-order chi connectivity index (χ0) is 13.2. The zero-order valence-electron chi connectivity index (χ0n) is 10.6. The average Bonchev–Trinajstić information content (AvgIpc) is 2.23. The molecule has 1 aliphatic carbocycles. The van der Waals surface area contributed by atoms with Crippen molar-refractivity contribution < 1.29 is 4.79 Å². The molecule has 1 atom stereocenters. The number of hydrogen-bond donors (Lipinski definition) is 2. The van der Waals surface area contributed by atoms with Gasteiger partial charge in [0.2, 0.25) is 5.91 Å². The molecule has 18 heavy (non-hydrogen) atoms. The molecule has 1 amide bonds. The number of nitrogens with one attached hydrogen (secondary N) is 1. The van der Waals surface area contributed by atoms with Crippen molar-refractivity contribution in [2.24, 2.45) is 11.7 Å². The molecule has 3 N–H and O–H groups in total.